The number of aromatic amines is 2. The van der Waals surface area contributed by atoms with Crippen LogP contribution in [0.3, 0.4) is 0 Å². The normalized spacial score (nSPS) is 10.9. The summed E-state index contributed by atoms with van der Waals surface area (Å²) < 4.78 is 0. The molecule has 0 fully saturated rings. The van der Waals surface area contributed by atoms with Crippen LogP contribution in [0.1, 0.15) is 12.2 Å². The standard InChI is InChI=1S/C14H13N3O2/c18-14(19)6-5-13-16-8-12(17-13)10-7-15-11-4-2-1-3-9(10)11/h1-4,7-8,15H,5-6H2,(H,16,17)(H,18,19). The van der Waals surface area contributed by atoms with Gasteiger partial charge in [0, 0.05) is 29.1 Å². The van der Waals surface area contributed by atoms with E-state index in [-0.39, 0.29) is 6.42 Å². The monoisotopic (exact) mass is 255 g/mol. The van der Waals surface area contributed by atoms with E-state index in [1.807, 2.05) is 30.5 Å². The number of para-hydroxylation sites is 1. The lowest BCUT2D eigenvalue weighted by atomic mass is 10.1. The van der Waals surface area contributed by atoms with Crippen LogP contribution in [0.15, 0.2) is 36.7 Å². The molecule has 0 spiro atoms. The number of rotatable bonds is 4. The zero-order valence-corrected chi connectivity index (χ0v) is 10.2. The van der Waals surface area contributed by atoms with Crippen LogP contribution in [-0.2, 0) is 11.2 Å². The SMILES string of the molecule is O=C(O)CCc1ncc(-c2c[nH]c3ccccc23)[nH]1. The molecule has 0 aliphatic heterocycles. The first-order valence-electron chi connectivity index (χ1n) is 6.06. The van der Waals surface area contributed by atoms with Gasteiger partial charge in [0.05, 0.1) is 18.3 Å². The lowest BCUT2D eigenvalue weighted by Crippen LogP contribution is -1.98. The number of carboxylic acid groups (broad SMARTS) is 1. The first-order chi connectivity index (χ1) is 9.24. The molecule has 2 aromatic heterocycles. The number of nitrogens with zero attached hydrogens (tertiary/aromatic N) is 1. The van der Waals surface area contributed by atoms with Crippen molar-refractivity contribution >= 4 is 16.9 Å². The molecule has 0 amide bonds. The van der Waals surface area contributed by atoms with Crippen molar-refractivity contribution in [3.8, 4) is 11.3 Å². The molecule has 0 saturated heterocycles. The van der Waals surface area contributed by atoms with Crippen LogP contribution in [0.2, 0.25) is 0 Å². The third-order valence-corrected chi connectivity index (χ3v) is 3.08. The van der Waals surface area contributed by atoms with E-state index in [1.54, 1.807) is 6.20 Å². The third-order valence-electron chi connectivity index (χ3n) is 3.08. The van der Waals surface area contributed by atoms with Crippen LogP contribution in [0.5, 0.6) is 0 Å². The van der Waals surface area contributed by atoms with Gasteiger partial charge in [-0.25, -0.2) is 4.98 Å². The second-order valence-electron chi connectivity index (χ2n) is 4.39. The summed E-state index contributed by atoms with van der Waals surface area (Å²) in [5.74, 6) is -0.118. The number of benzene rings is 1. The maximum atomic E-state index is 10.5. The molecule has 0 aliphatic carbocycles. The van der Waals surface area contributed by atoms with Gasteiger partial charge in [0.25, 0.3) is 0 Å². The first-order valence-corrected chi connectivity index (χ1v) is 6.06. The molecule has 0 aliphatic rings. The van der Waals surface area contributed by atoms with Gasteiger partial charge < -0.3 is 15.1 Å². The van der Waals surface area contributed by atoms with Crippen molar-refractivity contribution in [2.45, 2.75) is 12.8 Å². The van der Waals surface area contributed by atoms with Gasteiger partial charge in [-0.05, 0) is 6.07 Å². The Balaban J connectivity index is 1.92. The minimum Gasteiger partial charge on any atom is -0.481 e. The molecular weight excluding hydrogens is 242 g/mol. The summed E-state index contributed by atoms with van der Waals surface area (Å²) in [5.41, 5.74) is 3.02. The summed E-state index contributed by atoms with van der Waals surface area (Å²) in [6.07, 6.45) is 4.17. The van der Waals surface area contributed by atoms with E-state index < -0.39 is 5.97 Å². The van der Waals surface area contributed by atoms with E-state index in [1.165, 1.54) is 0 Å². The van der Waals surface area contributed by atoms with Gasteiger partial charge in [-0.1, -0.05) is 18.2 Å². The molecule has 3 aromatic rings. The smallest absolute Gasteiger partial charge is 0.303 e. The Hall–Kier alpha value is -2.56. The molecule has 3 rings (SSSR count). The highest BCUT2D eigenvalue weighted by Gasteiger charge is 2.09. The quantitative estimate of drug-likeness (QED) is 0.670. The lowest BCUT2D eigenvalue weighted by molar-refractivity contribution is -0.137. The maximum absolute atomic E-state index is 10.5. The number of carboxylic acids is 1. The van der Waals surface area contributed by atoms with Crippen LogP contribution in [0, 0.1) is 0 Å². The third kappa shape index (κ3) is 2.22. The Labute approximate surface area is 109 Å². The minimum atomic E-state index is -0.815. The lowest BCUT2D eigenvalue weighted by Gasteiger charge is -1.95. The fourth-order valence-corrected chi connectivity index (χ4v) is 2.15. The number of carbonyl (C=O) groups is 1. The van der Waals surface area contributed by atoms with Crippen LogP contribution in [-0.4, -0.2) is 26.0 Å². The van der Waals surface area contributed by atoms with Crippen LogP contribution < -0.4 is 0 Å². The van der Waals surface area contributed by atoms with Gasteiger partial charge in [-0.3, -0.25) is 4.79 Å². The summed E-state index contributed by atoms with van der Waals surface area (Å²) >= 11 is 0. The van der Waals surface area contributed by atoms with Crippen LogP contribution >= 0.6 is 0 Å². The summed E-state index contributed by atoms with van der Waals surface area (Å²) in [6.45, 7) is 0. The minimum absolute atomic E-state index is 0.0842. The van der Waals surface area contributed by atoms with Crippen molar-refractivity contribution in [2.75, 3.05) is 0 Å². The van der Waals surface area contributed by atoms with Crippen molar-refractivity contribution in [1.82, 2.24) is 15.0 Å². The molecule has 96 valence electrons. The van der Waals surface area contributed by atoms with Gasteiger partial charge in [0.1, 0.15) is 5.82 Å². The van der Waals surface area contributed by atoms with Gasteiger partial charge >= 0.3 is 5.97 Å². The predicted molar refractivity (Wildman–Crippen MR) is 71.8 cm³/mol. The summed E-state index contributed by atoms with van der Waals surface area (Å²) in [7, 11) is 0. The highest BCUT2D eigenvalue weighted by Crippen LogP contribution is 2.27. The second-order valence-corrected chi connectivity index (χ2v) is 4.39. The molecule has 0 radical (unpaired) electrons. The Bertz CT molecular complexity index is 727. The predicted octanol–water partition coefficient (Wildman–Crippen LogP) is 2.58. The van der Waals surface area contributed by atoms with E-state index in [0.29, 0.717) is 12.2 Å². The topological polar surface area (TPSA) is 81.8 Å². The van der Waals surface area contributed by atoms with Gasteiger partial charge in [-0.15, -0.1) is 0 Å². The Kier molecular flexibility index (Phi) is 2.79. The van der Waals surface area contributed by atoms with Crippen molar-refractivity contribution in [2.24, 2.45) is 0 Å². The van der Waals surface area contributed by atoms with E-state index in [9.17, 15) is 4.79 Å². The highest BCUT2D eigenvalue weighted by molar-refractivity contribution is 5.94. The molecule has 5 heteroatoms. The number of aryl methyl sites for hydroxylation is 1. The summed E-state index contributed by atoms with van der Waals surface area (Å²) in [4.78, 5) is 21.1. The number of imidazole rings is 1. The largest absolute Gasteiger partial charge is 0.481 e. The van der Waals surface area contributed by atoms with E-state index in [2.05, 4.69) is 15.0 Å². The van der Waals surface area contributed by atoms with Crippen molar-refractivity contribution in [3.63, 3.8) is 0 Å². The molecule has 2 heterocycles. The average Bonchev–Trinajstić information content (AvgIpc) is 3.02. The number of hydrogen-bond donors (Lipinski definition) is 3. The molecule has 0 unspecified atom stereocenters. The zero-order valence-electron chi connectivity index (χ0n) is 10.2. The molecule has 5 nitrogen and oxygen atoms in total. The van der Waals surface area contributed by atoms with Gasteiger partial charge in [0.2, 0.25) is 0 Å². The number of aliphatic carboxylic acids is 1. The Morgan fingerprint density at radius 2 is 2.16 bits per heavy atom. The molecule has 0 saturated carbocycles. The highest BCUT2D eigenvalue weighted by atomic mass is 16.4. The van der Waals surface area contributed by atoms with Gasteiger partial charge in [-0.2, -0.15) is 0 Å². The Morgan fingerprint density at radius 1 is 1.32 bits per heavy atom. The molecular formula is C14H13N3O2. The molecule has 19 heavy (non-hydrogen) atoms. The number of hydrogen-bond acceptors (Lipinski definition) is 2. The average molecular weight is 255 g/mol. The van der Waals surface area contributed by atoms with E-state index in [0.717, 1.165) is 22.2 Å². The van der Waals surface area contributed by atoms with E-state index >= 15 is 0 Å². The number of aromatic nitrogens is 3. The first kappa shape index (κ1) is 11.5. The van der Waals surface area contributed by atoms with E-state index in [4.69, 9.17) is 5.11 Å². The van der Waals surface area contributed by atoms with Gasteiger partial charge in [0.15, 0.2) is 0 Å². The summed E-state index contributed by atoms with van der Waals surface area (Å²) in [5, 5.41) is 9.78. The second kappa shape index (κ2) is 4.61. The van der Waals surface area contributed by atoms with Crippen molar-refractivity contribution in [3.05, 3.63) is 42.5 Å². The fraction of sp³-hybridized carbons (Fsp3) is 0.143. The maximum Gasteiger partial charge on any atom is 0.303 e. The van der Waals surface area contributed by atoms with Crippen molar-refractivity contribution in [1.29, 1.82) is 0 Å². The molecule has 1 aromatic carbocycles. The molecule has 0 bridgehead atoms. The van der Waals surface area contributed by atoms with Crippen LogP contribution in [0.25, 0.3) is 22.2 Å². The number of H-pyrrole nitrogens is 2. The Morgan fingerprint density at radius 3 is 3.00 bits per heavy atom. The fourth-order valence-electron chi connectivity index (χ4n) is 2.15. The van der Waals surface area contributed by atoms with Crippen LogP contribution in [0.4, 0.5) is 0 Å². The van der Waals surface area contributed by atoms with Crippen molar-refractivity contribution < 1.29 is 9.90 Å². The summed E-state index contributed by atoms with van der Waals surface area (Å²) in [6, 6.07) is 8.02. The number of fused-ring (bicyclic) bond motifs is 1. The number of nitrogens with one attached hydrogen (secondary N) is 2. The molecule has 0 atom stereocenters. The molecule has 3 N–H and O–H groups in total. The zero-order chi connectivity index (χ0) is 13.2.